The largest absolute Gasteiger partial charge is 0.247 e. The van der Waals surface area contributed by atoms with Gasteiger partial charge in [0, 0.05) is 0 Å². The summed E-state index contributed by atoms with van der Waals surface area (Å²) >= 11 is 0. The molecular formula is C31H53F3. The summed E-state index contributed by atoms with van der Waals surface area (Å²) in [5.41, 5.74) is 0. The van der Waals surface area contributed by atoms with Gasteiger partial charge in [0.1, 0.15) is 18.5 Å². The van der Waals surface area contributed by atoms with Gasteiger partial charge in [-0.15, -0.1) is 0 Å². The first kappa shape index (κ1) is 26.8. The third kappa shape index (κ3) is 6.56. The Balaban J connectivity index is 1.18. The van der Waals surface area contributed by atoms with E-state index < -0.39 is 18.5 Å². The van der Waals surface area contributed by atoms with Gasteiger partial charge in [0.25, 0.3) is 0 Å². The van der Waals surface area contributed by atoms with Crippen molar-refractivity contribution in [2.24, 2.45) is 47.3 Å². The van der Waals surface area contributed by atoms with Gasteiger partial charge in [-0.2, -0.15) is 0 Å². The fourth-order valence-electron chi connectivity index (χ4n) is 8.79. The van der Waals surface area contributed by atoms with Crippen molar-refractivity contribution in [3.05, 3.63) is 0 Å². The van der Waals surface area contributed by atoms with E-state index in [0.29, 0.717) is 23.7 Å². The van der Waals surface area contributed by atoms with Crippen molar-refractivity contribution in [3.63, 3.8) is 0 Å². The van der Waals surface area contributed by atoms with Crippen molar-refractivity contribution in [1.82, 2.24) is 0 Å². The van der Waals surface area contributed by atoms with Gasteiger partial charge in [-0.25, -0.2) is 13.2 Å². The van der Waals surface area contributed by atoms with Gasteiger partial charge in [0.05, 0.1) is 0 Å². The molecule has 0 spiro atoms. The van der Waals surface area contributed by atoms with Crippen LogP contribution in [0.25, 0.3) is 0 Å². The van der Waals surface area contributed by atoms with Crippen molar-refractivity contribution < 1.29 is 13.2 Å². The Bertz CT molecular complexity index is 577. The maximum atomic E-state index is 15.4. The van der Waals surface area contributed by atoms with Crippen LogP contribution in [0.5, 0.6) is 0 Å². The third-order valence-corrected chi connectivity index (χ3v) is 11.2. The van der Waals surface area contributed by atoms with Crippen molar-refractivity contribution in [3.8, 4) is 0 Å². The fourth-order valence-corrected chi connectivity index (χ4v) is 8.79. The predicted molar refractivity (Wildman–Crippen MR) is 137 cm³/mol. The Morgan fingerprint density at radius 3 is 1.50 bits per heavy atom. The average Bonchev–Trinajstić information content (AvgIpc) is 2.86. The summed E-state index contributed by atoms with van der Waals surface area (Å²) < 4.78 is 45.3. The van der Waals surface area contributed by atoms with E-state index in [1.54, 1.807) is 0 Å². The minimum absolute atomic E-state index is 0.0263. The van der Waals surface area contributed by atoms with E-state index in [0.717, 1.165) is 89.4 Å². The van der Waals surface area contributed by atoms with Gasteiger partial charge in [-0.05, 0) is 112 Å². The maximum Gasteiger partial charge on any atom is 0.134 e. The van der Waals surface area contributed by atoms with Gasteiger partial charge < -0.3 is 0 Å². The van der Waals surface area contributed by atoms with Crippen LogP contribution in [0.1, 0.15) is 129 Å². The van der Waals surface area contributed by atoms with Crippen molar-refractivity contribution in [2.75, 3.05) is 0 Å². The van der Waals surface area contributed by atoms with Crippen LogP contribution in [0.2, 0.25) is 0 Å². The standard InChI is InChI=1S/C31H53F3/c1-3-5-22-7-12-24(13-8-22)27-18-19-28(31(34)30(27)33)25-14-9-23(10-15-25)11-17-26-16-6-21(4-2)20-29(26)32/h21-31H,3-20H2,1-2H3. The summed E-state index contributed by atoms with van der Waals surface area (Å²) in [6.45, 7) is 4.44. The number of halogens is 3. The quantitative estimate of drug-likeness (QED) is 0.323. The Morgan fingerprint density at radius 2 is 1.03 bits per heavy atom. The molecule has 0 N–H and O–H groups in total. The molecule has 4 rings (SSSR count). The molecule has 4 fully saturated rings. The molecule has 0 saturated heterocycles. The van der Waals surface area contributed by atoms with Crippen LogP contribution >= 0.6 is 0 Å². The summed E-state index contributed by atoms with van der Waals surface area (Å²) in [4.78, 5) is 0. The molecule has 34 heavy (non-hydrogen) atoms. The lowest BCUT2D eigenvalue weighted by molar-refractivity contribution is -0.0372. The first-order chi connectivity index (χ1) is 16.5. The van der Waals surface area contributed by atoms with Crippen LogP contribution < -0.4 is 0 Å². The van der Waals surface area contributed by atoms with Crippen LogP contribution in [-0.4, -0.2) is 18.5 Å². The summed E-state index contributed by atoms with van der Waals surface area (Å²) in [6.07, 6.45) is 16.8. The first-order valence-corrected chi connectivity index (χ1v) is 15.4. The highest BCUT2D eigenvalue weighted by atomic mass is 19.2. The minimum Gasteiger partial charge on any atom is -0.247 e. The monoisotopic (exact) mass is 482 g/mol. The topological polar surface area (TPSA) is 0 Å². The molecule has 198 valence electrons. The number of alkyl halides is 3. The molecule has 0 aromatic carbocycles. The molecule has 0 nitrogen and oxygen atoms in total. The second-order valence-electron chi connectivity index (χ2n) is 13.1. The summed E-state index contributed by atoms with van der Waals surface area (Å²) in [7, 11) is 0. The first-order valence-electron chi connectivity index (χ1n) is 15.4. The summed E-state index contributed by atoms with van der Waals surface area (Å²) in [5.74, 6) is 3.10. The lowest BCUT2D eigenvalue weighted by Gasteiger charge is -2.45. The van der Waals surface area contributed by atoms with E-state index >= 15 is 8.78 Å². The molecule has 0 aromatic heterocycles. The van der Waals surface area contributed by atoms with Crippen LogP contribution in [-0.2, 0) is 0 Å². The van der Waals surface area contributed by atoms with Gasteiger partial charge in [-0.3, -0.25) is 0 Å². The van der Waals surface area contributed by atoms with E-state index in [1.165, 1.54) is 32.1 Å². The van der Waals surface area contributed by atoms with Crippen LogP contribution in [0, 0.1) is 47.3 Å². The average molecular weight is 483 g/mol. The molecule has 0 bridgehead atoms. The van der Waals surface area contributed by atoms with E-state index in [9.17, 15) is 4.39 Å². The van der Waals surface area contributed by atoms with Gasteiger partial charge in [0.15, 0.2) is 0 Å². The van der Waals surface area contributed by atoms with Crippen LogP contribution in [0.4, 0.5) is 13.2 Å². The van der Waals surface area contributed by atoms with Crippen LogP contribution in [0.15, 0.2) is 0 Å². The highest BCUT2D eigenvalue weighted by Crippen LogP contribution is 2.49. The smallest absolute Gasteiger partial charge is 0.134 e. The fraction of sp³-hybridized carbons (Fsp3) is 1.00. The molecule has 7 unspecified atom stereocenters. The summed E-state index contributed by atoms with van der Waals surface area (Å²) in [5, 5.41) is 0. The molecular weight excluding hydrogens is 429 g/mol. The Hall–Kier alpha value is -0.210. The molecule has 0 amide bonds. The van der Waals surface area contributed by atoms with E-state index in [4.69, 9.17) is 0 Å². The molecule has 3 heteroatoms. The number of hydrogen-bond donors (Lipinski definition) is 0. The van der Waals surface area contributed by atoms with E-state index in [-0.39, 0.29) is 17.8 Å². The maximum absolute atomic E-state index is 15.4. The Kier molecular flexibility index (Phi) is 10.1. The van der Waals surface area contributed by atoms with Gasteiger partial charge in [-0.1, -0.05) is 65.2 Å². The number of hydrogen-bond acceptors (Lipinski definition) is 0. The van der Waals surface area contributed by atoms with E-state index in [2.05, 4.69) is 13.8 Å². The van der Waals surface area contributed by atoms with Crippen molar-refractivity contribution in [2.45, 2.75) is 148 Å². The second kappa shape index (κ2) is 12.8. The molecule has 0 heterocycles. The zero-order chi connectivity index (χ0) is 24.1. The lowest BCUT2D eigenvalue weighted by Crippen LogP contribution is -2.45. The van der Waals surface area contributed by atoms with E-state index in [1.807, 2.05) is 0 Å². The minimum atomic E-state index is -1.24. The van der Waals surface area contributed by atoms with Crippen molar-refractivity contribution >= 4 is 0 Å². The highest BCUT2D eigenvalue weighted by Gasteiger charge is 2.46. The highest BCUT2D eigenvalue weighted by molar-refractivity contribution is 4.95. The third-order valence-electron chi connectivity index (χ3n) is 11.2. The molecule has 7 atom stereocenters. The lowest BCUT2D eigenvalue weighted by atomic mass is 9.63. The molecule has 4 aliphatic rings. The Labute approximate surface area is 208 Å². The molecule has 0 radical (unpaired) electrons. The predicted octanol–water partition coefficient (Wildman–Crippen LogP) is 10.0. The Morgan fingerprint density at radius 1 is 0.529 bits per heavy atom. The zero-order valence-corrected chi connectivity index (χ0v) is 22.2. The van der Waals surface area contributed by atoms with Crippen LogP contribution in [0.3, 0.4) is 0 Å². The van der Waals surface area contributed by atoms with Crippen molar-refractivity contribution in [1.29, 1.82) is 0 Å². The molecule has 0 aliphatic heterocycles. The molecule has 0 aromatic rings. The molecule has 4 saturated carbocycles. The normalized spacial score (nSPS) is 46.3. The van der Waals surface area contributed by atoms with Gasteiger partial charge in [0.2, 0.25) is 0 Å². The summed E-state index contributed by atoms with van der Waals surface area (Å²) in [6, 6.07) is 0. The van der Waals surface area contributed by atoms with Gasteiger partial charge >= 0.3 is 0 Å². The zero-order valence-electron chi connectivity index (χ0n) is 22.2. The number of rotatable bonds is 8. The second-order valence-corrected chi connectivity index (χ2v) is 13.1. The SMILES string of the molecule is CCCC1CCC(C2CCC(C3CCC(CCC4CCC(CC)CC4F)CC3)C(F)C2F)CC1. The molecule has 4 aliphatic carbocycles.